The number of nitrogens with one attached hydrogen (secondary N) is 1. The van der Waals surface area contributed by atoms with Crippen LogP contribution in [0.5, 0.6) is 0 Å². The molecule has 0 aromatic carbocycles. The number of rotatable bonds is 5. The van der Waals surface area contributed by atoms with Crippen molar-refractivity contribution in [3.63, 3.8) is 0 Å². The zero-order valence-electron chi connectivity index (χ0n) is 10.6. The summed E-state index contributed by atoms with van der Waals surface area (Å²) in [7, 11) is 1.27. The van der Waals surface area contributed by atoms with Crippen molar-refractivity contribution in [1.29, 1.82) is 0 Å². The largest absolute Gasteiger partial charge is 0.499 e. The first-order chi connectivity index (χ1) is 7.85. The highest BCUT2D eigenvalue weighted by molar-refractivity contribution is 5.81. The maximum absolute atomic E-state index is 11.2. The van der Waals surface area contributed by atoms with Crippen molar-refractivity contribution in [2.45, 2.75) is 26.4 Å². The maximum atomic E-state index is 11.2. The van der Waals surface area contributed by atoms with Gasteiger partial charge in [0.1, 0.15) is 12.2 Å². The number of hydrogen-bond acceptors (Lipinski definition) is 5. The minimum absolute atomic E-state index is 0.243. The average Bonchev–Trinajstić information content (AvgIpc) is 2.20. The predicted octanol–water partition coefficient (Wildman–Crippen LogP) is 1.21. The number of esters is 1. The average molecular weight is 245 g/mol. The van der Waals surface area contributed by atoms with Crippen molar-refractivity contribution in [3.05, 3.63) is 12.3 Å². The standard InChI is InChI=1S/C11H19NO5/c1-11(2,3)17-10(14)12-6-8-16-7-5-9(13)15-4/h5,7H,6,8H2,1-4H3,(H,12,14). The molecule has 1 amide bonds. The molecule has 0 aliphatic heterocycles. The van der Waals surface area contributed by atoms with Crippen molar-refractivity contribution in [1.82, 2.24) is 5.32 Å². The normalized spacial score (nSPS) is 11.1. The molecule has 0 saturated heterocycles. The van der Waals surface area contributed by atoms with Crippen LogP contribution in [0.1, 0.15) is 20.8 Å². The minimum Gasteiger partial charge on any atom is -0.499 e. The summed E-state index contributed by atoms with van der Waals surface area (Å²) >= 11 is 0. The van der Waals surface area contributed by atoms with E-state index >= 15 is 0 Å². The molecule has 0 aliphatic carbocycles. The number of hydrogen-bond donors (Lipinski definition) is 1. The van der Waals surface area contributed by atoms with E-state index in [-0.39, 0.29) is 6.61 Å². The smallest absolute Gasteiger partial charge is 0.407 e. The molecule has 0 unspecified atom stereocenters. The lowest BCUT2D eigenvalue weighted by Crippen LogP contribution is -2.34. The third kappa shape index (κ3) is 10.6. The summed E-state index contributed by atoms with van der Waals surface area (Å²) in [5.74, 6) is -0.495. The molecule has 6 nitrogen and oxygen atoms in total. The van der Waals surface area contributed by atoms with Gasteiger partial charge in [-0.3, -0.25) is 0 Å². The molecule has 0 saturated carbocycles. The number of carbonyl (C=O) groups is 2. The fourth-order valence-electron chi connectivity index (χ4n) is 0.766. The Bertz CT molecular complexity index is 280. The topological polar surface area (TPSA) is 73.9 Å². The van der Waals surface area contributed by atoms with Gasteiger partial charge in [-0.25, -0.2) is 9.59 Å². The number of alkyl carbamates (subject to hydrolysis) is 1. The second-order valence-corrected chi connectivity index (χ2v) is 4.13. The fraction of sp³-hybridized carbons (Fsp3) is 0.636. The van der Waals surface area contributed by atoms with Crippen molar-refractivity contribution >= 4 is 12.1 Å². The van der Waals surface area contributed by atoms with Gasteiger partial charge in [0.05, 0.1) is 26.0 Å². The maximum Gasteiger partial charge on any atom is 0.407 e. The van der Waals surface area contributed by atoms with Gasteiger partial charge in [-0.1, -0.05) is 0 Å². The number of methoxy groups -OCH3 is 1. The van der Waals surface area contributed by atoms with E-state index < -0.39 is 17.7 Å². The monoisotopic (exact) mass is 245 g/mol. The van der Waals surface area contributed by atoms with Crippen molar-refractivity contribution in [2.24, 2.45) is 0 Å². The van der Waals surface area contributed by atoms with Gasteiger partial charge in [0.2, 0.25) is 0 Å². The van der Waals surface area contributed by atoms with Gasteiger partial charge in [-0.05, 0) is 20.8 Å². The fourth-order valence-corrected chi connectivity index (χ4v) is 0.766. The first-order valence-corrected chi connectivity index (χ1v) is 5.18. The third-order valence-electron chi connectivity index (χ3n) is 1.39. The second-order valence-electron chi connectivity index (χ2n) is 4.13. The number of carbonyl (C=O) groups excluding carboxylic acids is 2. The number of amides is 1. The van der Waals surface area contributed by atoms with Crippen LogP contribution in [0.3, 0.4) is 0 Å². The first kappa shape index (κ1) is 15.3. The summed E-state index contributed by atoms with van der Waals surface area (Å²) in [6, 6.07) is 0. The summed E-state index contributed by atoms with van der Waals surface area (Å²) in [6.45, 7) is 5.87. The van der Waals surface area contributed by atoms with E-state index in [1.54, 1.807) is 20.8 Å². The summed E-state index contributed by atoms with van der Waals surface area (Å²) in [6.07, 6.45) is 1.86. The molecule has 1 N–H and O–H groups in total. The van der Waals surface area contributed by atoms with Crippen LogP contribution in [0.4, 0.5) is 4.79 Å². The van der Waals surface area contributed by atoms with Crippen LogP contribution < -0.4 is 5.32 Å². The van der Waals surface area contributed by atoms with Crippen LogP contribution in [-0.2, 0) is 19.0 Å². The molecule has 0 heterocycles. The molecule has 0 bridgehead atoms. The Labute approximate surface area is 101 Å². The lowest BCUT2D eigenvalue weighted by Gasteiger charge is -2.19. The van der Waals surface area contributed by atoms with Gasteiger partial charge >= 0.3 is 12.1 Å². The van der Waals surface area contributed by atoms with E-state index in [0.29, 0.717) is 6.54 Å². The van der Waals surface area contributed by atoms with Crippen molar-refractivity contribution < 1.29 is 23.8 Å². The van der Waals surface area contributed by atoms with E-state index in [9.17, 15) is 9.59 Å². The van der Waals surface area contributed by atoms with Gasteiger partial charge in [0.25, 0.3) is 0 Å². The Morgan fingerprint density at radius 1 is 1.29 bits per heavy atom. The molecule has 17 heavy (non-hydrogen) atoms. The van der Waals surface area contributed by atoms with Crippen LogP contribution in [0.25, 0.3) is 0 Å². The predicted molar refractivity (Wildman–Crippen MR) is 61.3 cm³/mol. The minimum atomic E-state index is -0.518. The zero-order chi connectivity index (χ0) is 13.3. The molecule has 0 aliphatic rings. The molecule has 6 heteroatoms. The molecule has 0 fully saturated rings. The summed E-state index contributed by atoms with van der Waals surface area (Å²) in [5.41, 5.74) is -0.518. The Kier molecular flexibility index (Phi) is 6.77. The third-order valence-corrected chi connectivity index (χ3v) is 1.39. The molecule has 0 rings (SSSR count). The van der Waals surface area contributed by atoms with Gasteiger partial charge in [-0.2, -0.15) is 0 Å². The van der Waals surface area contributed by atoms with E-state index in [1.807, 2.05) is 0 Å². The van der Waals surface area contributed by atoms with Gasteiger partial charge in [0, 0.05) is 0 Å². The Morgan fingerprint density at radius 2 is 1.94 bits per heavy atom. The molecule has 98 valence electrons. The van der Waals surface area contributed by atoms with Crippen LogP contribution in [0, 0.1) is 0 Å². The summed E-state index contributed by atoms with van der Waals surface area (Å²) in [5, 5.41) is 2.51. The van der Waals surface area contributed by atoms with Crippen LogP contribution in [-0.4, -0.2) is 37.9 Å². The lowest BCUT2D eigenvalue weighted by molar-refractivity contribution is -0.135. The van der Waals surface area contributed by atoms with Gasteiger partial charge < -0.3 is 19.5 Å². The summed E-state index contributed by atoms with van der Waals surface area (Å²) in [4.78, 5) is 21.8. The summed E-state index contributed by atoms with van der Waals surface area (Å²) < 4.78 is 14.3. The quantitative estimate of drug-likeness (QED) is 0.341. The SMILES string of the molecule is COC(=O)C=COCCNC(=O)OC(C)(C)C. The molecule has 0 radical (unpaired) electrons. The van der Waals surface area contributed by atoms with Crippen LogP contribution in [0.2, 0.25) is 0 Å². The highest BCUT2D eigenvalue weighted by atomic mass is 16.6. The van der Waals surface area contributed by atoms with Crippen LogP contribution in [0.15, 0.2) is 12.3 Å². The molecular formula is C11H19NO5. The first-order valence-electron chi connectivity index (χ1n) is 5.18. The van der Waals surface area contributed by atoms with E-state index in [1.165, 1.54) is 13.4 Å². The van der Waals surface area contributed by atoms with Crippen molar-refractivity contribution in [3.8, 4) is 0 Å². The van der Waals surface area contributed by atoms with E-state index in [4.69, 9.17) is 9.47 Å². The lowest BCUT2D eigenvalue weighted by atomic mass is 10.2. The van der Waals surface area contributed by atoms with Crippen LogP contribution >= 0.6 is 0 Å². The second kappa shape index (κ2) is 7.54. The highest BCUT2D eigenvalue weighted by Gasteiger charge is 2.15. The van der Waals surface area contributed by atoms with E-state index in [0.717, 1.165) is 6.08 Å². The Hall–Kier alpha value is -1.72. The molecule has 0 aromatic rings. The number of ether oxygens (including phenoxy) is 3. The Morgan fingerprint density at radius 3 is 2.47 bits per heavy atom. The molecular weight excluding hydrogens is 226 g/mol. The molecule has 0 spiro atoms. The zero-order valence-corrected chi connectivity index (χ0v) is 10.6. The van der Waals surface area contributed by atoms with Gasteiger partial charge in [-0.15, -0.1) is 0 Å². The van der Waals surface area contributed by atoms with Crippen molar-refractivity contribution in [2.75, 3.05) is 20.3 Å². The molecule has 0 atom stereocenters. The Balaban J connectivity index is 3.55. The molecule has 0 aromatic heterocycles. The highest BCUT2D eigenvalue weighted by Crippen LogP contribution is 2.05. The van der Waals surface area contributed by atoms with E-state index in [2.05, 4.69) is 10.1 Å². The van der Waals surface area contributed by atoms with Gasteiger partial charge in [0.15, 0.2) is 0 Å².